The van der Waals surface area contributed by atoms with E-state index in [1.54, 1.807) is 18.3 Å². The summed E-state index contributed by atoms with van der Waals surface area (Å²) in [7, 11) is 0. The minimum absolute atomic E-state index is 0.0593. The minimum Gasteiger partial charge on any atom is -0.390 e. The van der Waals surface area contributed by atoms with Gasteiger partial charge in [0.05, 0.1) is 12.3 Å². The lowest BCUT2D eigenvalue weighted by Crippen LogP contribution is -2.31. The first-order valence-electron chi connectivity index (χ1n) is 6.16. The van der Waals surface area contributed by atoms with Crippen molar-refractivity contribution in [3.8, 4) is 0 Å². The molecule has 0 bridgehead atoms. The summed E-state index contributed by atoms with van der Waals surface area (Å²) in [5.74, 6) is 0.0593. The molecule has 0 aromatic carbocycles. The number of pyridine rings is 1. The molecule has 0 unspecified atom stereocenters. The Balaban J connectivity index is 2.11. The van der Waals surface area contributed by atoms with Crippen LogP contribution in [0.4, 0.5) is 0 Å². The maximum atomic E-state index is 12.2. The molecule has 2 rings (SSSR count). The topological polar surface area (TPSA) is 53.4 Å². The van der Waals surface area contributed by atoms with E-state index in [4.69, 9.17) is 5.11 Å². The lowest BCUT2D eigenvalue weighted by molar-refractivity contribution is 0.0761. The second kappa shape index (κ2) is 5.77. The first-order chi connectivity index (χ1) is 8.31. The van der Waals surface area contributed by atoms with Crippen molar-refractivity contribution in [1.29, 1.82) is 0 Å². The fourth-order valence-corrected chi connectivity index (χ4v) is 2.15. The highest BCUT2D eigenvalue weighted by Crippen LogP contribution is 2.13. The van der Waals surface area contributed by atoms with E-state index in [1.165, 1.54) is 12.8 Å². The molecule has 0 atom stereocenters. The Labute approximate surface area is 101 Å². The molecule has 1 amide bonds. The quantitative estimate of drug-likeness (QED) is 0.845. The molecular formula is C13H18N2O2. The monoisotopic (exact) mass is 234 g/mol. The van der Waals surface area contributed by atoms with Crippen molar-refractivity contribution < 1.29 is 9.90 Å². The van der Waals surface area contributed by atoms with Crippen LogP contribution in [0.2, 0.25) is 0 Å². The van der Waals surface area contributed by atoms with Gasteiger partial charge in [0.1, 0.15) is 0 Å². The van der Waals surface area contributed by atoms with Crippen LogP contribution in [0, 0.1) is 0 Å². The van der Waals surface area contributed by atoms with Crippen LogP contribution in [0.3, 0.4) is 0 Å². The standard InChI is InChI=1S/C13H18N2O2/c16-10-12-9-11(5-6-14-12)13(17)15-7-3-1-2-4-8-15/h5-6,9,16H,1-4,7-8,10H2. The summed E-state index contributed by atoms with van der Waals surface area (Å²) in [6, 6.07) is 3.39. The first kappa shape index (κ1) is 12.0. The molecule has 1 fully saturated rings. The van der Waals surface area contributed by atoms with Crippen molar-refractivity contribution in [3.05, 3.63) is 29.6 Å². The van der Waals surface area contributed by atoms with Crippen LogP contribution in [0.25, 0.3) is 0 Å². The lowest BCUT2D eigenvalue weighted by atomic mass is 10.2. The van der Waals surface area contributed by atoms with Crippen LogP contribution in [0.15, 0.2) is 18.3 Å². The molecule has 0 saturated carbocycles. The molecular weight excluding hydrogens is 216 g/mol. The Morgan fingerprint density at radius 2 is 2.00 bits per heavy atom. The third-order valence-corrected chi connectivity index (χ3v) is 3.12. The molecule has 0 aliphatic carbocycles. The predicted molar refractivity (Wildman–Crippen MR) is 64.5 cm³/mol. The van der Waals surface area contributed by atoms with E-state index in [-0.39, 0.29) is 12.5 Å². The number of carbonyl (C=O) groups excluding carboxylic acids is 1. The first-order valence-corrected chi connectivity index (χ1v) is 6.16. The van der Waals surface area contributed by atoms with Crippen molar-refractivity contribution in [2.24, 2.45) is 0 Å². The average molecular weight is 234 g/mol. The SMILES string of the molecule is O=C(c1ccnc(CO)c1)N1CCCCCC1. The number of aliphatic hydroxyl groups excluding tert-OH is 1. The second-order valence-electron chi connectivity index (χ2n) is 4.40. The van der Waals surface area contributed by atoms with Gasteiger partial charge in [0.15, 0.2) is 0 Å². The number of aromatic nitrogens is 1. The number of aliphatic hydroxyl groups is 1. The average Bonchev–Trinajstić information content (AvgIpc) is 2.67. The number of nitrogens with zero attached hydrogens (tertiary/aromatic N) is 2. The van der Waals surface area contributed by atoms with Crippen molar-refractivity contribution in [3.63, 3.8) is 0 Å². The summed E-state index contributed by atoms with van der Waals surface area (Å²) in [5, 5.41) is 9.01. The van der Waals surface area contributed by atoms with Crippen molar-refractivity contribution in [2.45, 2.75) is 32.3 Å². The zero-order valence-electron chi connectivity index (χ0n) is 9.93. The summed E-state index contributed by atoms with van der Waals surface area (Å²) in [6.45, 7) is 1.56. The van der Waals surface area contributed by atoms with Gasteiger partial charge in [-0.1, -0.05) is 12.8 Å². The van der Waals surface area contributed by atoms with Gasteiger partial charge < -0.3 is 10.0 Å². The van der Waals surface area contributed by atoms with E-state index in [0.717, 1.165) is 25.9 Å². The summed E-state index contributed by atoms with van der Waals surface area (Å²) in [5.41, 5.74) is 1.18. The van der Waals surface area contributed by atoms with Gasteiger partial charge >= 0.3 is 0 Å². The van der Waals surface area contributed by atoms with Gasteiger partial charge in [0.2, 0.25) is 0 Å². The molecule has 1 N–H and O–H groups in total. The highest BCUT2D eigenvalue weighted by atomic mass is 16.3. The largest absolute Gasteiger partial charge is 0.390 e. The van der Waals surface area contributed by atoms with Gasteiger partial charge in [0, 0.05) is 24.8 Å². The van der Waals surface area contributed by atoms with Crippen LogP contribution in [-0.2, 0) is 6.61 Å². The Morgan fingerprint density at radius 1 is 1.29 bits per heavy atom. The molecule has 1 aromatic heterocycles. The zero-order chi connectivity index (χ0) is 12.1. The molecule has 1 aliphatic rings. The third kappa shape index (κ3) is 3.03. The molecule has 4 heteroatoms. The van der Waals surface area contributed by atoms with Gasteiger partial charge in [-0.25, -0.2) is 0 Å². The number of hydrogen-bond donors (Lipinski definition) is 1. The zero-order valence-corrected chi connectivity index (χ0v) is 9.93. The van der Waals surface area contributed by atoms with Crippen LogP contribution in [0.5, 0.6) is 0 Å². The maximum Gasteiger partial charge on any atom is 0.253 e. The number of rotatable bonds is 2. The number of carbonyl (C=O) groups is 1. The summed E-state index contributed by atoms with van der Waals surface area (Å²) >= 11 is 0. The van der Waals surface area contributed by atoms with Crippen LogP contribution in [-0.4, -0.2) is 34.0 Å². The molecule has 0 radical (unpaired) electrons. The summed E-state index contributed by atoms with van der Waals surface area (Å²) < 4.78 is 0. The van der Waals surface area contributed by atoms with E-state index < -0.39 is 0 Å². The fourth-order valence-electron chi connectivity index (χ4n) is 2.15. The van der Waals surface area contributed by atoms with E-state index in [2.05, 4.69) is 4.98 Å². The van der Waals surface area contributed by atoms with Gasteiger partial charge in [-0.15, -0.1) is 0 Å². The highest BCUT2D eigenvalue weighted by molar-refractivity contribution is 5.94. The Hall–Kier alpha value is -1.42. The van der Waals surface area contributed by atoms with E-state index in [9.17, 15) is 4.79 Å². The van der Waals surface area contributed by atoms with Crippen LogP contribution < -0.4 is 0 Å². The molecule has 2 heterocycles. The highest BCUT2D eigenvalue weighted by Gasteiger charge is 2.17. The van der Waals surface area contributed by atoms with E-state index >= 15 is 0 Å². The normalized spacial score (nSPS) is 16.6. The van der Waals surface area contributed by atoms with Crippen molar-refractivity contribution in [2.75, 3.05) is 13.1 Å². The maximum absolute atomic E-state index is 12.2. The predicted octanol–water partition coefficient (Wildman–Crippen LogP) is 1.59. The molecule has 4 nitrogen and oxygen atoms in total. The molecule has 1 aromatic rings. The Morgan fingerprint density at radius 3 is 2.65 bits per heavy atom. The molecule has 0 spiro atoms. The van der Waals surface area contributed by atoms with Crippen LogP contribution in [0.1, 0.15) is 41.7 Å². The van der Waals surface area contributed by atoms with Crippen LogP contribution >= 0.6 is 0 Å². The number of amides is 1. The molecule has 1 saturated heterocycles. The second-order valence-corrected chi connectivity index (χ2v) is 4.40. The Kier molecular flexibility index (Phi) is 4.09. The van der Waals surface area contributed by atoms with Gasteiger partial charge in [-0.2, -0.15) is 0 Å². The number of hydrogen-bond acceptors (Lipinski definition) is 3. The summed E-state index contributed by atoms with van der Waals surface area (Å²) in [4.78, 5) is 18.1. The van der Waals surface area contributed by atoms with Gasteiger partial charge in [-0.05, 0) is 25.0 Å². The molecule has 1 aliphatic heterocycles. The molecule has 17 heavy (non-hydrogen) atoms. The Bertz CT molecular complexity index is 385. The smallest absolute Gasteiger partial charge is 0.253 e. The third-order valence-electron chi connectivity index (χ3n) is 3.12. The van der Waals surface area contributed by atoms with Crippen molar-refractivity contribution in [1.82, 2.24) is 9.88 Å². The van der Waals surface area contributed by atoms with Crippen molar-refractivity contribution >= 4 is 5.91 Å². The minimum atomic E-state index is -0.124. The van der Waals surface area contributed by atoms with E-state index in [1.807, 2.05) is 4.90 Å². The fraction of sp³-hybridized carbons (Fsp3) is 0.538. The summed E-state index contributed by atoms with van der Waals surface area (Å²) in [6.07, 6.45) is 6.17. The van der Waals surface area contributed by atoms with Gasteiger partial charge in [-0.3, -0.25) is 9.78 Å². The van der Waals surface area contributed by atoms with Gasteiger partial charge in [0.25, 0.3) is 5.91 Å². The molecule has 92 valence electrons. The number of likely N-dealkylation sites (tertiary alicyclic amines) is 1. The lowest BCUT2D eigenvalue weighted by Gasteiger charge is -2.20. The van der Waals surface area contributed by atoms with E-state index in [0.29, 0.717) is 11.3 Å².